The maximum Gasteiger partial charge on any atom is 0.244 e. The maximum atomic E-state index is 11.7. The van der Waals surface area contributed by atoms with E-state index in [4.69, 9.17) is 4.74 Å². The Morgan fingerprint density at radius 1 is 1.10 bits per heavy atom. The molecule has 2 rings (SSSR count). The van der Waals surface area contributed by atoms with Gasteiger partial charge in [-0.2, -0.15) is 0 Å². The van der Waals surface area contributed by atoms with Crippen molar-refractivity contribution in [1.82, 2.24) is 5.32 Å². The van der Waals surface area contributed by atoms with E-state index in [-0.39, 0.29) is 5.91 Å². The molecule has 1 N–H and O–H groups in total. The van der Waals surface area contributed by atoms with E-state index < -0.39 is 0 Å². The van der Waals surface area contributed by atoms with Gasteiger partial charge in [-0.05, 0) is 35.8 Å². The van der Waals surface area contributed by atoms with Gasteiger partial charge in [0.2, 0.25) is 5.91 Å². The third kappa shape index (κ3) is 5.15. The van der Waals surface area contributed by atoms with Crippen LogP contribution in [0.1, 0.15) is 11.1 Å². The van der Waals surface area contributed by atoms with Crippen LogP contribution < -0.4 is 10.1 Å². The van der Waals surface area contributed by atoms with E-state index >= 15 is 0 Å². The quantitative estimate of drug-likeness (QED) is 0.826. The topological polar surface area (TPSA) is 38.3 Å². The highest BCUT2D eigenvalue weighted by Gasteiger charge is 1.97. The first kappa shape index (κ1) is 14.9. The van der Waals surface area contributed by atoms with Crippen LogP contribution in [-0.2, 0) is 11.2 Å². The molecule has 0 bridgehead atoms. The highest BCUT2D eigenvalue weighted by molar-refractivity contribution is 5.91. The molecule has 0 saturated carbocycles. The van der Waals surface area contributed by atoms with Crippen LogP contribution in [0, 0.1) is 0 Å². The molecule has 2 aromatic rings. The first-order chi connectivity index (χ1) is 10.3. The minimum Gasteiger partial charge on any atom is -0.497 e. The average molecular weight is 281 g/mol. The molecule has 0 spiro atoms. The van der Waals surface area contributed by atoms with E-state index in [2.05, 4.69) is 5.32 Å². The van der Waals surface area contributed by atoms with E-state index in [1.165, 1.54) is 5.56 Å². The smallest absolute Gasteiger partial charge is 0.244 e. The average Bonchev–Trinajstić information content (AvgIpc) is 2.54. The van der Waals surface area contributed by atoms with Crippen LogP contribution in [0.15, 0.2) is 60.7 Å². The van der Waals surface area contributed by atoms with Gasteiger partial charge in [-0.1, -0.05) is 42.5 Å². The standard InChI is InChI=1S/C18H19NO2/c1-21-17-10-7-16(8-11-17)13-14-19-18(20)12-9-15-5-3-2-4-6-15/h2-12H,13-14H2,1H3,(H,19,20). The Morgan fingerprint density at radius 3 is 2.48 bits per heavy atom. The van der Waals surface area contributed by atoms with Gasteiger partial charge >= 0.3 is 0 Å². The number of benzene rings is 2. The summed E-state index contributed by atoms with van der Waals surface area (Å²) in [4.78, 5) is 11.7. The van der Waals surface area contributed by atoms with Gasteiger partial charge in [0.05, 0.1) is 7.11 Å². The normalized spacial score (nSPS) is 10.5. The summed E-state index contributed by atoms with van der Waals surface area (Å²) in [6.07, 6.45) is 4.17. The van der Waals surface area contributed by atoms with Gasteiger partial charge in [-0.3, -0.25) is 4.79 Å². The Balaban J connectivity index is 1.75. The molecule has 0 aliphatic rings. The third-order valence-corrected chi connectivity index (χ3v) is 3.10. The van der Waals surface area contributed by atoms with Crippen LogP contribution in [0.25, 0.3) is 6.08 Å². The summed E-state index contributed by atoms with van der Waals surface area (Å²) < 4.78 is 5.11. The van der Waals surface area contributed by atoms with E-state index in [0.29, 0.717) is 6.54 Å². The molecule has 21 heavy (non-hydrogen) atoms. The van der Waals surface area contributed by atoms with Gasteiger partial charge in [0.1, 0.15) is 5.75 Å². The van der Waals surface area contributed by atoms with Crippen molar-refractivity contribution in [3.63, 3.8) is 0 Å². The summed E-state index contributed by atoms with van der Waals surface area (Å²) in [5, 5.41) is 2.87. The molecule has 2 aromatic carbocycles. The van der Waals surface area contributed by atoms with E-state index in [1.807, 2.05) is 60.7 Å². The molecular formula is C18H19NO2. The number of nitrogens with one attached hydrogen (secondary N) is 1. The monoisotopic (exact) mass is 281 g/mol. The summed E-state index contributed by atoms with van der Waals surface area (Å²) in [5.74, 6) is 0.765. The molecule has 3 nitrogen and oxygen atoms in total. The molecule has 108 valence electrons. The second-order valence-corrected chi connectivity index (χ2v) is 4.63. The van der Waals surface area contributed by atoms with Crippen molar-refractivity contribution < 1.29 is 9.53 Å². The second-order valence-electron chi connectivity index (χ2n) is 4.63. The molecule has 3 heteroatoms. The first-order valence-electron chi connectivity index (χ1n) is 6.92. The van der Waals surface area contributed by atoms with Crippen LogP contribution in [-0.4, -0.2) is 19.6 Å². The molecule has 0 aliphatic carbocycles. The Kier molecular flexibility index (Phi) is 5.59. The van der Waals surface area contributed by atoms with Crippen LogP contribution in [0.2, 0.25) is 0 Å². The predicted molar refractivity (Wildman–Crippen MR) is 85.2 cm³/mol. The first-order valence-corrected chi connectivity index (χ1v) is 6.92. The Bertz CT molecular complexity index is 588. The Morgan fingerprint density at radius 2 is 1.81 bits per heavy atom. The van der Waals surface area contributed by atoms with Crippen molar-refractivity contribution in [2.45, 2.75) is 6.42 Å². The zero-order valence-corrected chi connectivity index (χ0v) is 12.1. The zero-order chi connectivity index (χ0) is 14.9. The highest BCUT2D eigenvalue weighted by atomic mass is 16.5. The predicted octanol–water partition coefficient (Wildman–Crippen LogP) is 3.07. The second kappa shape index (κ2) is 7.90. The molecule has 0 saturated heterocycles. The summed E-state index contributed by atoms with van der Waals surface area (Å²) in [7, 11) is 1.65. The fourth-order valence-corrected chi connectivity index (χ4v) is 1.92. The van der Waals surface area contributed by atoms with Crippen molar-refractivity contribution in [2.75, 3.05) is 13.7 Å². The van der Waals surface area contributed by atoms with Gasteiger partial charge in [0, 0.05) is 12.6 Å². The highest BCUT2D eigenvalue weighted by Crippen LogP contribution is 2.11. The number of methoxy groups -OCH3 is 1. The lowest BCUT2D eigenvalue weighted by molar-refractivity contribution is -0.116. The van der Waals surface area contributed by atoms with Gasteiger partial charge in [0.15, 0.2) is 0 Å². The number of hydrogen-bond donors (Lipinski definition) is 1. The summed E-state index contributed by atoms with van der Waals surface area (Å²) in [6.45, 7) is 0.615. The lowest BCUT2D eigenvalue weighted by atomic mass is 10.1. The molecule has 0 fully saturated rings. The Labute approximate surface area is 125 Å². The van der Waals surface area contributed by atoms with Gasteiger partial charge < -0.3 is 10.1 Å². The van der Waals surface area contributed by atoms with Crippen LogP contribution in [0.4, 0.5) is 0 Å². The van der Waals surface area contributed by atoms with Crippen LogP contribution >= 0.6 is 0 Å². The molecule has 0 aromatic heterocycles. The van der Waals surface area contributed by atoms with E-state index in [9.17, 15) is 4.79 Å². The fraction of sp³-hybridized carbons (Fsp3) is 0.167. The van der Waals surface area contributed by atoms with E-state index in [1.54, 1.807) is 13.2 Å². The van der Waals surface area contributed by atoms with Gasteiger partial charge in [-0.25, -0.2) is 0 Å². The van der Waals surface area contributed by atoms with E-state index in [0.717, 1.165) is 17.7 Å². The molecule has 0 heterocycles. The number of carbonyl (C=O) groups is 1. The number of amides is 1. The zero-order valence-electron chi connectivity index (χ0n) is 12.1. The van der Waals surface area contributed by atoms with Crippen molar-refractivity contribution in [1.29, 1.82) is 0 Å². The summed E-state index contributed by atoms with van der Waals surface area (Å²) >= 11 is 0. The molecule has 0 unspecified atom stereocenters. The number of hydrogen-bond acceptors (Lipinski definition) is 2. The minimum atomic E-state index is -0.0765. The van der Waals surface area contributed by atoms with Crippen molar-refractivity contribution in [2.24, 2.45) is 0 Å². The van der Waals surface area contributed by atoms with Crippen LogP contribution in [0.5, 0.6) is 5.75 Å². The lowest BCUT2D eigenvalue weighted by Gasteiger charge is -2.04. The summed E-state index contributed by atoms with van der Waals surface area (Å²) in [5.41, 5.74) is 2.19. The van der Waals surface area contributed by atoms with Crippen molar-refractivity contribution >= 4 is 12.0 Å². The molecule has 0 atom stereocenters. The lowest BCUT2D eigenvalue weighted by Crippen LogP contribution is -2.23. The van der Waals surface area contributed by atoms with Gasteiger partial charge in [-0.15, -0.1) is 0 Å². The van der Waals surface area contributed by atoms with Gasteiger partial charge in [0.25, 0.3) is 0 Å². The van der Waals surface area contributed by atoms with Crippen molar-refractivity contribution in [3.8, 4) is 5.75 Å². The molecular weight excluding hydrogens is 262 g/mol. The summed E-state index contributed by atoms with van der Waals surface area (Å²) in [6, 6.07) is 17.6. The number of carbonyl (C=O) groups excluding carboxylic acids is 1. The minimum absolute atomic E-state index is 0.0765. The fourth-order valence-electron chi connectivity index (χ4n) is 1.92. The number of rotatable bonds is 6. The maximum absolute atomic E-state index is 11.7. The number of ether oxygens (including phenoxy) is 1. The van der Waals surface area contributed by atoms with Crippen molar-refractivity contribution in [3.05, 3.63) is 71.8 Å². The third-order valence-electron chi connectivity index (χ3n) is 3.10. The largest absolute Gasteiger partial charge is 0.497 e. The molecule has 1 amide bonds. The SMILES string of the molecule is COc1ccc(CCNC(=O)C=Cc2ccccc2)cc1. The molecule has 0 radical (unpaired) electrons. The van der Waals surface area contributed by atoms with Crippen LogP contribution in [0.3, 0.4) is 0 Å². The molecule has 0 aliphatic heterocycles. The Hall–Kier alpha value is -2.55.